The number of pyridine rings is 1. The fourth-order valence-corrected chi connectivity index (χ4v) is 6.51. The van der Waals surface area contributed by atoms with E-state index in [1.165, 1.54) is 53.0 Å². The van der Waals surface area contributed by atoms with Gasteiger partial charge < -0.3 is 0 Å². The van der Waals surface area contributed by atoms with E-state index in [4.69, 9.17) is 4.98 Å². The van der Waals surface area contributed by atoms with Crippen LogP contribution in [0.3, 0.4) is 0 Å². The first-order chi connectivity index (χ1) is 16.8. The summed E-state index contributed by atoms with van der Waals surface area (Å²) in [7, 11) is 0. The molecule has 0 aliphatic heterocycles. The second kappa shape index (κ2) is 6.66. The number of rotatable bonds is 1. The van der Waals surface area contributed by atoms with Crippen LogP contribution in [0.1, 0.15) is 0 Å². The Hall–Kier alpha value is -4.21. The molecule has 0 saturated heterocycles. The zero-order valence-corrected chi connectivity index (χ0v) is 19.0. The van der Waals surface area contributed by atoms with Gasteiger partial charge in [-0.2, -0.15) is 0 Å². The molecule has 158 valence electrons. The summed E-state index contributed by atoms with van der Waals surface area (Å²) in [5.74, 6) is 0. The van der Waals surface area contributed by atoms with Crippen LogP contribution < -0.4 is 0 Å². The third-order valence-corrected chi connectivity index (χ3v) is 8.09. The Morgan fingerprint density at radius 1 is 0.500 bits per heavy atom. The maximum absolute atomic E-state index is 5.11. The van der Waals surface area contributed by atoms with Gasteiger partial charge in [0.05, 0.1) is 16.6 Å². The summed E-state index contributed by atoms with van der Waals surface area (Å²) >= 11 is 1.87. The summed E-state index contributed by atoms with van der Waals surface area (Å²) in [5, 5.41) is 6.34. The molecule has 0 unspecified atom stereocenters. The number of imidazole rings is 1. The van der Waals surface area contributed by atoms with Gasteiger partial charge in [-0.05, 0) is 59.0 Å². The molecule has 3 aromatic heterocycles. The number of nitrogens with zero attached hydrogens (tertiary/aromatic N) is 2. The van der Waals surface area contributed by atoms with E-state index in [0.717, 1.165) is 16.7 Å². The van der Waals surface area contributed by atoms with Gasteiger partial charge in [-0.15, -0.1) is 11.3 Å². The Bertz CT molecular complexity index is 2060. The van der Waals surface area contributed by atoms with Crippen LogP contribution in [-0.2, 0) is 0 Å². The van der Waals surface area contributed by atoms with E-state index in [2.05, 4.69) is 114 Å². The lowest BCUT2D eigenvalue weighted by Crippen LogP contribution is -1.92. The van der Waals surface area contributed by atoms with Gasteiger partial charge >= 0.3 is 0 Å². The number of para-hydroxylation sites is 2. The van der Waals surface area contributed by atoms with Gasteiger partial charge in [0.15, 0.2) is 0 Å². The van der Waals surface area contributed by atoms with Crippen molar-refractivity contribution in [2.75, 3.05) is 0 Å². The molecule has 0 aliphatic carbocycles. The van der Waals surface area contributed by atoms with Crippen LogP contribution in [0.5, 0.6) is 0 Å². The zero-order chi connectivity index (χ0) is 22.2. The fraction of sp³-hybridized carbons (Fsp3) is 0. The van der Waals surface area contributed by atoms with E-state index in [9.17, 15) is 0 Å². The van der Waals surface area contributed by atoms with Crippen molar-refractivity contribution in [3.63, 3.8) is 0 Å². The van der Waals surface area contributed by atoms with Crippen LogP contribution in [-0.4, -0.2) is 9.38 Å². The standard InChI is InChI=1S/C31H18N2S/c1-2-8-19(9-3-1)20-14-15-27-23(16-20)22-18-30-24(21-10-4-7-13-29(21)34-30)17-25(22)31-32-26-11-5-6-12-28(26)33(27)31/h1-18H. The Labute approximate surface area is 199 Å². The number of benzene rings is 5. The molecule has 3 heteroatoms. The normalized spacial score (nSPS) is 12.1. The lowest BCUT2D eigenvalue weighted by molar-refractivity contribution is 1.32. The van der Waals surface area contributed by atoms with Gasteiger partial charge in [0, 0.05) is 30.9 Å². The number of hydrogen-bond donors (Lipinski definition) is 0. The average molecular weight is 451 g/mol. The van der Waals surface area contributed by atoms with E-state index in [1.54, 1.807) is 0 Å². The molecule has 34 heavy (non-hydrogen) atoms. The van der Waals surface area contributed by atoms with Crippen LogP contribution in [0, 0.1) is 0 Å². The molecular formula is C31H18N2S. The smallest absolute Gasteiger partial charge is 0.146 e. The second-order valence-corrected chi connectivity index (χ2v) is 9.93. The van der Waals surface area contributed by atoms with Crippen molar-refractivity contribution in [3.05, 3.63) is 109 Å². The van der Waals surface area contributed by atoms with Crippen LogP contribution >= 0.6 is 11.3 Å². The van der Waals surface area contributed by atoms with Gasteiger partial charge in [0.1, 0.15) is 5.65 Å². The molecule has 5 aromatic carbocycles. The van der Waals surface area contributed by atoms with Crippen molar-refractivity contribution in [2.24, 2.45) is 0 Å². The molecule has 0 amide bonds. The monoisotopic (exact) mass is 450 g/mol. The molecule has 3 heterocycles. The largest absolute Gasteiger partial charge is 0.292 e. The highest BCUT2D eigenvalue weighted by atomic mass is 32.1. The lowest BCUT2D eigenvalue weighted by Gasteiger charge is -2.11. The number of fused-ring (bicyclic) bond motifs is 11. The number of hydrogen-bond acceptors (Lipinski definition) is 2. The number of thiophene rings is 1. The van der Waals surface area contributed by atoms with E-state index in [-0.39, 0.29) is 0 Å². The Kier molecular flexibility index (Phi) is 3.57. The molecule has 0 atom stereocenters. The van der Waals surface area contributed by atoms with E-state index >= 15 is 0 Å². The second-order valence-electron chi connectivity index (χ2n) is 8.85. The molecule has 0 radical (unpaired) electrons. The minimum atomic E-state index is 1.02. The lowest BCUT2D eigenvalue weighted by atomic mass is 9.98. The zero-order valence-electron chi connectivity index (χ0n) is 18.2. The van der Waals surface area contributed by atoms with E-state index in [1.807, 2.05) is 11.3 Å². The maximum atomic E-state index is 5.11. The molecule has 0 spiro atoms. The minimum absolute atomic E-state index is 1.02. The molecule has 0 N–H and O–H groups in total. The van der Waals surface area contributed by atoms with Crippen molar-refractivity contribution < 1.29 is 0 Å². The summed E-state index contributed by atoms with van der Waals surface area (Å²) in [6.45, 7) is 0. The third-order valence-electron chi connectivity index (χ3n) is 6.95. The van der Waals surface area contributed by atoms with Crippen LogP contribution in [0.25, 0.3) is 69.7 Å². The highest BCUT2D eigenvalue weighted by Gasteiger charge is 2.16. The summed E-state index contributed by atoms with van der Waals surface area (Å²) < 4.78 is 4.98. The summed E-state index contributed by atoms with van der Waals surface area (Å²) in [5.41, 5.74) is 6.85. The fourth-order valence-electron chi connectivity index (χ4n) is 5.39. The van der Waals surface area contributed by atoms with Crippen LogP contribution in [0.4, 0.5) is 0 Å². The maximum Gasteiger partial charge on any atom is 0.146 e. The van der Waals surface area contributed by atoms with Crippen molar-refractivity contribution in [1.29, 1.82) is 0 Å². The predicted molar refractivity (Wildman–Crippen MR) is 146 cm³/mol. The molecule has 0 saturated carbocycles. The van der Waals surface area contributed by atoms with Gasteiger partial charge in [-0.3, -0.25) is 4.40 Å². The van der Waals surface area contributed by atoms with Crippen LogP contribution in [0.2, 0.25) is 0 Å². The van der Waals surface area contributed by atoms with Gasteiger partial charge in [0.25, 0.3) is 0 Å². The first-order valence-electron chi connectivity index (χ1n) is 11.5. The molecule has 0 fully saturated rings. The van der Waals surface area contributed by atoms with Gasteiger partial charge in [0.2, 0.25) is 0 Å². The van der Waals surface area contributed by atoms with Crippen molar-refractivity contribution in [2.45, 2.75) is 0 Å². The minimum Gasteiger partial charge on any atom is -0.292 e. The Balaban J connectivity index is 1.62. The molecule has 0 aliphatic rings. The number of aromatic nitrogens is 2. The molecule has 8 rings (SSSR count). The van der Waals surface area contributed by atoms with Crippen molar-refractivity contribution in [3.8, 4) is 11.1 Å². The predicted octanol–water partition coefficient (Wildman–Crippen LogP) is 8.83. The van der Waals surface area contributed by atoms with Gasteiger partial charge in [-0.1, -0.05) is 66.7 Å². The Morgan fingerprint density at radius 2 is 1.32 bits per heavy atom. The molecular weight excluding hydrogens is 432 g/mol. The van der Waals surface area contributed by atoms with Gasteiger partial charge in [-0.25, -0.2) is 4.98 Å². The summed E-state index contributed by atoms with van der Waals surface area (Å²) in [6.07, 6.45) is 0. The summed E-state index contributed by atoms with van der Waals surface area (Å²) in [4.78, 5) is 5.11. The molecule has 8 aromatic rings. The molecule has 2 nitrogen and oxygen atoms in total. The average Bonchev–Trinajstić information content (AvgIpc) is 3.46. The van der Waals surface area contributed by atoms with Crippen LogP contribution in [0.15, 0.2) is 109 Å². The summed E-state index contributed by atoms with van der Waals surface area (Å²) in [6, 6.07) is 39.4. The molecule has 0 bridgehead atoms. The van der Waals surface area contributed by atoms with E-state index in [0.29, 0.717) is 0 Å². The highest BCUT2D eigenvalue weighted by molar-refractivity contribution is 7.25. The van der Waals surface area contributed by atoms with Crippen molar-refractivity contribution in [1.82, 2.24) is 9.38 Å². The quantitative estimate of drug-likeness (QED) is 0.228. The highest BCUT2D eigenvalue weighted by Crippen LogP contribution is 2.41. The van der Waals surface area contributed by atoms with E-state index < -0.39 is 0 Å². The Morgan fingerprint density at radius 3 is 2.26 bits per heavy atom. The SMILES string of the molecule is c1ccc(-c2ccc3c(c2)c2cc4sc5ccccc5c4cc2c2nc4ccccc4n32)cc1. The topological polar surface area (TPSA) is 17.3 Å². The third kappa shape index (κ3) is 2.42. The first kappa shape index (κ1) is 18.2. The van der Waals surface area contributed by atoms with Crippen molar-refractivity contribution >= 4 is 69.9 Å². The first-order valence-corrected chi connectivity index (χ1v) is 12.3.